The molecule has 3 aromatic carbocycles. The number of halogens is 1. The zero-order valence-corrected chi connectivity index (χ0v) is 12.2. The first kappa shape index (κ1) is 14.3. The van der Waals surface area contributed by atoms with Crippen LogP contribution in [0.5, 0.6) is 0 Å². The van der Waals surface area contributed by atoms with Gasteiger partial charge in [0.05, 0.1) is 11.6 Å². The minimum atomic E-state index is -0.509. The molecule has 1 N–H and O–H groups in total. The van der Waals surface area contributed by atoms with Crippen LogP contribution in [0.4, 0.5) is 4.39 Å². The molecule has 0 spiro atoms. The van der Waals surface area contributed by atoms with Crippen molar-refractivity contribution < 1.29 is 9.18 Å². The summed E-state index contributed by atoms with van der Waals surface area (Å²) in [6.45, 7) is 1.90. The molecule has 0 heterocycles. The van der Waals surface area contributed by atoms with Gasteiger partial charge in [-0.2, -0.15) is 0 Å². The van der Waals surface area contributed by atoms with E-state index >= 15 is 0 Å². The van der Waals surface area contributed by atoms with Crippen molar-refractivity contribution >= 4 is 16.7 Å². The van der Waals surface area contributed by atoms with Crippen LogP contribution in [0.3, 0.4) is 0 Å². The molecular weight excluding hydrogens is 277 g/mol. The van der Waals surface area contributed by atoms with E-state index in [1.165, 1.54) is 12.1 Å². The molecule has 1 atom stereocenters. The smallest absolute Gasteiger partial charge is 0.254 e. The number of nitrogens with one attached hydrogen (secondary N) is 1. The molecule has 110 valence electrons. The van der Waals surface area contributed by atoms with E-state index in [9.17, 15) is 9.18 Å². The summed E-state index contributed by atoms with van der Waals surface area (Å²) in [5.41, 5.74) is 1.08. The van der Waals surface area contributed by atoms with Gasteiger partial charge in [0, 0.05) is 0 Å². The minimum absolute atomic E-state index is 0.0644. The lowest BCUT2D eigenvalue weighted by Gasteiger charge is -2.17. The zero-order valence-electron chi connectivity index (χ0n) is 12.2. The number of hydrogen-bond donors (Lipinski definition) is 1. The molecule has 3 heteroatoms. The number of carbonyl (C=O) groups excluding carboxylic acids is 1. The fraction of sp³-hybridized carbons (Fsp3) is 0.105. The normalized spacial score (nSPS) is 12.1. The molecule has 0 aliphatic rings. The van der Waals surface area contributed by atoms with Crippen molar-refractivity contribution in [1.29, 1.82) is 0 Å². The lowest BCUT2D eigenvalue weighted by molar-refractivity contribution is 0.0936. The van der Waals surface area contributed by atoms with E-state index in [1.54, 1.807) is 12.1 Å². The quantitative estimate of drug-likeness (QED) is 0.758. The number of fused-ring (bicyclic) bond motifs is 1. The van der Waals surface area contributed by atoms with Gasteiger partial charge >= 0.3 is 0 Å². The van der Waals surface area contributed by atoms with Gasteiger partial charge in [-0.05, 0) is 35.4 Å². The average Bonchev–Trinajstić information content (AvgIpc) is 2.54. The van der Waals surface area contributed by atoms with Crippen molar-refractivity contribution in [2.24, 2.45) is 0 Å². The van der Waals surface area contributed by atoms with Gasteiger partial charge < -0.3 is 5.32 Å². The molecular formula is C19H16FNO. The maximum Gasteiger partial charge on any atom is 0.254 e. The Balaban J connectivity index is 1.89. The third kappa shape index (κ3) is 2.70. The largest absolute Gasteiger partial charge is 0.345 e. The van der Waals surface area contributed by atoms with Crippen LogP contribution >= 0.6 is 0 Å². The van der Waals surface area contributed by atoms with Crippen LogP contribution in [-0.2, 0) is 0 Å². The third-order valence-corrected chi connectivity index (χ3v) is 3.76. The fourth-order valence-electron chi connectivity index (χ4n) is 2.63. The van der Waals surface area contributed by atoms with Gasteiger partial charge in [0.2, 0.25) is 0 Å². The molecule has 0 radical (unpaired) electrons. The number of benzene rings is 3. The molecule has 0 saturated carbocycles. The summed E-state index contributed by atoms with van der Waals surface area (Å²) in [4.78, 5) is 12.2. The Kier molecular flexibility index (Phi) is 3.88. The van der Waals surface area contributed by atoms with Gasteiger partial charge in [-0.15, -0.1) is 0 Å². The Hall–Kier alpha value is -2.68. The van der Waals surface area contributed by atoms with Crippen molar-refractivity contribution in [2.45, 2.75) is 13.0 Å². The van der Waals surface area contributed by atoms with E-state index < -0.39 is 11.7 Å². The summed E-state index contributed by atoms with van der Waals surface area (Å²) >= 11 is 0. The van der Waals surface area contributed by atoms with Crippen molar-refractivity contribution in [3.8, 4) is 0 Å². The van der Waals surface area contributed by atoms with Crippen molar-refractivity contribution in [2.75, 3.05) is 0 Å². The summed E-state index contributed by atoms with van der Waals surface area (Å²) < 4.78 is 13.7. The van der Waals surface area contributed by atoms with E-state index in [0.717, 1.165) is 16.3 Å². The average molecular weight is 293 g/mol. The van der Waals surface area contributed by atoms with Crippen molar-refractivity contribution in [3.05, 3.63) is 83.7 Å². The first-order chi connectivity index (χ1) is 10.7. The Morgan fingerprint density at radius 3 is 2.45 bits per heavy atom. The van der Waals surface area contributed by atoms with Crippen LogP contribution in [0.15, 0.2) is 66.7 Å². The number of hydrogen-bond acceptors (Lipinski definition) is 1. The second kappa shape index (κ2) is 5.98. The van der Waals surface area contributed by atoms with Gasteiger partial charge in [-0.1, -0.05) is 54.6 Å². The van der Waals surface area contributed by atoms with E-state index in [2.05, 4.69) is 5.32 Å². The number of rotatable bonds is 3. The summed E-state index contributed by atoms with van der Waals surface area (Å²) in [5, 5.41) is 5.07. The van der Waals surface area contributed by atoms with Crippen LogP contribution in [0, 0.1) is 5.82 Å². The summed E-state index contributed by atoms with van der Waals surface area (Å²) in [7, 11) is 0. The van der Waals surface area contributed by atoms with Gasteiger partial charge in [0.15, 0.2) is 0 Å². The summed E-state index contributed by atoms with van der Waals surface area (Å²) in [6, 6.07) is 19.8. The Morgan fingerprint density at radius 1 is 0.955 bits per heavy atom. The molecule has 0 unspecified atom stereocenters. The van der Waals surface area contributed by atoms with Crippen molar-refractivity contribution in [3.63, 3.8) is 0 Å². The van der Waals surface area contributed by atoms with Crippen LogP contribution in [0.2, 0.25) is 0 Å². The van der Waals surface area contributed by atoms with Crippen LogP contribution < -0.4 is 5.32 Å². The molecule has 0 fully saturated rings. The number of amides is 1. The van der Waals surface area contributed by atoms with E-state index in [0.29, 0.717) is 0 Å². The first-order valence-corrected chi connectivity index (χ1v) is 7.20. The maximum atomic E-state index is 13.7. The van der Waals surface area contributed by atoms with E-state index in [-0.39, 0.29) is 11.6 Å². The standard InChI is InChI=1S/C19H16FNO/c1-13(21-19(22)17-10-4-5-12-18(17)20)15-11-6-8-14-7-2-3-9-16(14)15/h2-13H,1H3,(H,21,22)/t13-/m1/s1. The second-order valence-electron chi connectivity index (χ2n) is 5.24. The molecule has 22 heavy (non-hydrogen) atoms. The van der Waals surface area contributed by atoms with Crippen LogP contribution in [0.1, 0.15) is 28.9 Å². The molecule has 0 aliphatic carbocycles. The van der Waals surface area contributed by atoms with Crippen LogP contribution in [-0.4, -0.2) is 5.91 Å². The third-order valence-electron chi connectivity index (χ3n) is 3.76. The molecule has 0 aromatic heterocycles. The number of carbonyl (C=O) groups is 1. The maximum absolute atomic E-state index is 13.7. The van der Waals surface area contributed by atoms with Gasteiger partial charge in [0.1, 0.15) is 5.82 Å². The highest BCUT2D eigenvalue weighted by Gasteiger charge is 2.15. The van der Waals surface area contributed by atoms with E-state index in [1.807, 2.05) is 49.4 Å². The first-order valence-electron chi connectivity index (χ1n) is 7.20. The van der Waals surface area contributed by atoms with Gasteiger partial charge in [0.25, 0.3) is 5.91 Å². The Morgan fingerprint density at radius 2 is 1.64 bits per heavy atom. The molecule has 2 nitrogen and oxygen atoms in total. The molecule has 0 bridgehead atoms. The topological polar surface area (TPSA) is 29.1 Å². The predicted octanol–water partition coefficient (Wildman–Crippen LogP) is 4.47. The summed E-state index contributed by atoms with van der Waals surface area (Å²) in [5.74, 6) is -0.913. The van der Waals surface area contributed by atoms with Gasteiger partial charge in [-0.25, -0.2) is 4.39 Å². The lowest BCUT2D eigenvalue weighted by atomic mass is 9.99. The Labute approximate surface area is 128 Å². The highest BCUT2D eigenvalue weighted by atomic mass is 19.1. The fourth-order valence-corrected chi connectivity index (χ4v) is 2.63. The van der Waals surface area contributed by atoms with E-state index in [4.69, 9.17) is 0 Å². The summed E-state index contributed by atoms with van der Waals surface area (Å²) in [6.07, 6.45) is 0. The molecule has 0 aliphatic heterocycles. The van der Waals surface area contributed by atoms with Crippen molar-refractivity contribution in [1.82, 2.24) is 5.32 Å². The lowest BCUT2D eigenvalue weighted by Crippen LogP contribution is -2.27. The highest BCUT2D eigenvalue weighted by molar-refractivity contribution is 5.95. The van der Waals surface area contributed by atoms with Crippen LogP contribution in [0.25, 0.3) is 10.8 Å². The molecule has 3 rings (SSSR count). The molecule has 0 saturated heterocycles. The monoisotopic (exact) mass is 293 g/mol. The van der Waals surface area contributed by atoms with Gasteiger partial charge in [-0.3, -0.25) is 4.79 Å². The minimum Gasteiger partial charge on any atom is -0.345 e. The zero-order chi connectivity index (χ0) is 15.5. The molecule has 3 aromatic rings. The molecule has 1 amide bonds. The SMILES string of the molecule is C[C@@H](NC(=O)c1ccccc1F)c1cccc2ccccc12. The predicted molar refractivity (Wildman–Crippen MR) is 86.2 cm³/mol. The second-order valence-corrected chi connectivity index (χ2v) is 5.24. The Bertz CT molecular complexity index is 823. The highest BCUT2D eigenvalue weighted by Crippen LogP contribution is 2.24.